The maximum Gasteiger partial charge on any atom is 0.471 e. The van der Waals surface area contributed by atoms with Gasteiger partial charge in [0.15, 0.2) is 5.82 Å². The summed E-state index contributed by atoms with van der Waals surface area (Å²) in [6.07, 6.45) is -8.76. The third-order valence-corrected chi connectivity index (χ3v) is 7.23. The van der Waals surface area contributed by atoms with Crippen LogP contribution in [0.1, 0.15) is 37.9 Å². The lowest BCUT2D eigenvalue weighted by Crippen LogP contribution is -2.54. The zero-order chi connectivity index (χ0) is 26.5. The highest BCUT2D eigenvalue weighted by Crippen LogP contribution is 2.61. The van der Waals surface area contributed by atoms with Gasteiger partial charge in [0.05, 0.1) is 44.3 Å². The van der Waals surface area contributed by atoms with Gasteiger partial charge in [0.1, 0.15) is 11.9 Å². The Morgan fingerprint density at radius 3 is 2.39 bits per heavy atom. The highest BCUT2D eigenvalue weighted by Gasteiger charge is 2.61. The predicted molar refractivity (Wildman–Crippen MR) is 106 cm³/mol. The molecule has 1 aliphatic heterocycles. The summed E-state index contributed by atoms with van der Waals surface area (Å²) in [6.45, 7) is -0.540. The van der Waals surface area contributed by atoms with Crippen molar-refractivity contribution in [3.05, 3.63) is 24.0 Å². The number of fused-ring (bicyclic) bond motifs is 1. The molecule has 15 heteroatoms. The SMILES string of the molecule is COC(=O)N1[C@H](C(F)(F)F)CC(NC(=O)C(F)(F)F)[C@@H]1COC1CCC2(c3ncc(F)cn3)CC2C1. The molecule has 1 aromatic heterocycles. The fraction of sp³-hybridized carbons (Fsp3) is 0.714. The van der Waals surface area contributed by atoms with E-state index in [1.165, 1.54) is 0 Å². The van der Waals surface area contributed by atoms with E-state index in [0.29, 0.717) is 25.1 Å². The maximum absolute atomic E-state index is 13.6. The van der Waals surface area contributed by atoms with Gasteiger partial charge in [-0.15, -0.1) is 0 Å². The summed E-state index contributed by atoms with van der Waals surface area (Å²) in [7, 11) is 0.848. The number of rotatable bonds is 5. The van der Waals surface area contributed by atoms with Crippen molar-refractivity contribution >= 4 is 12.0 Å². The molecule has 6 atom stereocenters. The number of carbonyl (C=O) groups excluding carboxylic acids is 2. The topological polar surface area (TPSA) is 93.7 Å². The van der Waals surface area contributed by atoms with E-state index in [0.717, 1.165) is 25.9 Å². The van der Waals surface area contributed by atoms with Gasteiger partial charge in [-0.2, -0.15) is 26.3 Å². The number of hydrogen-bond donors (Lipinski definition) is 1. The number of nitrogens with one attached hydrogen (secondary N) is 1. The van der Waals surface area contributed by atoms with Gasteiger partial charge in [-0.05, 0) is 38.0 Å². The fourth-order valence-corrected chi connectivity index (χ4v) is 5.39. The van der Waals surface area contributed by atoms with E-state index in [-0.39, 0.29) is 16.2 Å². The number of methoxy groups -OCH3 is 1. The molecule has 0 aromatic carbocycles. The summed E-state index contributed by atoms with van der Waals surface area (Å²) < 4.78 is 103. The van der Waals surface area contributed by atoms with Crippen LogP contribution in [0.4, 0.5) is 35.5 Å². The second-order valence-corrected chi connectivity index (χ2v) is 9.33. The summed E-state index contributed by atoms with van der Waals surface area (Å²) in [5, 5.41) is 1.58. The van der Waals surface area contributed by atoms with Crippen molar-refractivity contribution < 1.29 is 49.8 Å². The Labute approximate surface area is 200 Å². The number of halogens is 7. The third-order valence-electron chi connectivity index (χ3n) is 7.23. The summed E-state index contributed by atoms with van der Waals surface area (Å²) >= 11 is 0. The van der Waals surface area contributed by atoms with Crippen molar-refractivity contribution in [1.29, 1.82) is 0 Å². The number of ether oxygens (including phenoxy) is 2. The van der Waals surface area contributed by atoms with Gasteiger partial charge in [0, 0.05) is 5.41 Å². The van der Waals surface area contributed by atoms with Crippen LogP contribution in [-0.4, -0.2) is 77.2 Å². The molecule has 0 bridgehead atoms. The summed E-state index contributed by atoms with van der Waals surface area (Å²) in [4.78, 5) is 32.1. The Morgan fingerprint density at radius 1 is 1.17 bits per heavy atom. The molecular formula is C21H23F7N4O4. The van der Waals surface area contributed by atoms with E-state index in [4.69, 9.17) is 4.74 Å². The molecular weight excluding hydrogens is 505 g/mol. The molecule has 4 rings (SSSR count). The molecule has 3 aliphatic rings. The summed E-state index contributed by atoms with van der Waals surface area (Å²) in [5.41, 5.74) is -0.330. The molecule has 8 nitrogen and oxygen atoms in total. The monoisotopic (exact) mass is 528 g/mol. The standard InChI is InChI=1S/C21H23F7N4O4/c1-35-18(34)32-14(13(5-15(32)20(23,24)25)31-17(33)21(26,27)28)9-36-12-2-3-19(6-10(19)4-12)16-29-7-11(22)8-30-16/h7-8,10,12-15H,2-6,9H2,1H3,(H,31,33)/t10?,12?,13?,14-,15-,19?/m0/s1. The van der Waals surface area contributed by atoms with E-state index >= 15 is 0 Å². The molecule has 2 saturated carbocycles. The van der Waals surface area contributed by atoms with Gasteiger partial charge in [-0.1, -0.05) is 0 Å². The Hall–Kier alpha value is -2.71. The number of carbonyl (C=O) groups is 2. The van der Waals surface area contributed by atoms with Crippen molar-refractivity contribution in [2.24, 2.45) is 5.92 Å². The van der Waals surface area contributed by atoms with Crippen LogP contribution in [0.25, 0.3) is 0 Å². The van der Waals surface area contributed by atoms with E-state index in [9.17, 15) is 40.3 Å². The summed E-state index contributed by atoms with van der Waals surface area (Å²) in [6, 6.07) is -5.67. The molecule has 2 heterocycles. The quantitative estimate of drug-likeness (QED) is 0.590. The summed E-state index contributed by atoms with van der Waals surface area (Å²) in [5.74, 6) is -2.39. The Balaban J connectivity index is 1.46. The molecule has 200 valence electrons. The lowest BCUT2D eigenvalue weighted by molar-refractivity contribution is -0.176. The highest BCUT2D eigenvalue weighted by atomic mass is 19.4. The van der Waals surface area contributed by atoms with E-state index < -0.39 is 67.4 Å². The molecule has 36 heavy (non-hydrogen) atoms. The first-order valence-corrected chi connectivity index (χ1v) is 11.2. The lowest BCUT2D eigenvalue weighted by Gasteiger charge is -2.33. The van der Waals surface area contributed by atoms with E-state index in [1.807, 2.05) is 0 Å². The minimum absolute atomic E-state index is 0.0886. The molecule has 0 spiro atoms. The second kappa shape index (κ2) is 9.30. The van der Waals surface area contributed by atoms with Gasteiger partial charge in [0.2, 0.25) is 0 Å². The van der Waals surface area contributed by atoms with Crippen molar-refractivity contribution in [3.8, 4) is 0 Å². The van der Waals surface area contributed by atoms with Crippen LogP contribution in [0.3, 0.4) is 0 Å². The molecule has 1 aromatic rings. The molecule has 2 amide bonds. The number of hydrogen-bond acceptors (Lipinski definition) is 6. The van der Waals surface area contributed by atoms with Crippen LogP contribution >= 0.6 is 0 Å². The average molecular weight is 528 g/mol. The molecule has 1 N–H and O–H groups in total. The molecule has 2 aliphatic carbocycles. The van der Waals surface area contributed by atoms with Crippen molar-refractivity contribution in [3.63, 3.8) is 0 Å². The van der Waals surface area contributed by atoms with Crippen LogP contribution in [-0.2, 0) is 19.7 Å². The van der Waals surface area contributed by atoms with E-state index in [2.05, 4.69) is 14.7 Å². The lowest BCUT2D eigenvalue weighted by atomic mass is 9.86. The zero-order valence-electron chi connectivity index (χ0n) is 18.9. The Kier molecular flexibility index (Phi) is 6.81. The average Bonchev–Trinajstić information content (AvgIpc) is 3.42. The third kappa shape index (κ3) is 5.06. The first-order chi connectivity index (χ1) is 16.8. The van der Waals surface area contributed by atoms with Gasteiger partial charge >= 0.3 is 24.4 Å². The van der Waals surface area contributed by atoms with Crippen molar-refractivity contribution in [2.45, 2.75) is 74.1 Å². The molecule has 4 unspecified atom stereocenters. The van der Waals surface area contributed by atoms with Gasteiger partial charge in [-0.25, -0.2) is 19.2 Å². The number of alkyl halides is 6. The minimum atomic E-state index is -5.32. The maximum atomic E-state index is 13.6. The van der Waals surface area contributed by atoms with Gasteiger partial charge < -0.3 is 14.8 Å². The number of likely N-dealkylation sites (tertiary alicyclic amines) is 1. The number of aromatic nitrogens is 2. The first-order valence-electron chi connectivity index (χ1n) is 11.2. The first kappa shape index (κ1) is 26.4. The largest absolute Gasteiger partial charge is 0.471 e. The van der Waals surface area contributed by atoms with Gasteiger partial charge in [-0.3, -0.25) is 9.69 Å². The van der Waals surface area contributed by atoms with Crippen LogP contribution < -0.4 is 5.32 Å². The van der Waals surface area contributed by atoms with Crippen LogP contribution in [0.2, 0.25) is 0 Å². The second-order valence-electron chi connectivity index (χ2n) is 9.33. The molecule has 3 fully saturated rings. The zero-order valence-corrected chi connectivity index (χ0v) is 18.9. The number of nitrogens with zero attached hydrogens (tertiary/aromatic N) is 3. The smallest absolute Gasteiger partial charge is 0.453 e. The normalized spacial score (nSPS) is 32.1. The Bertz CT molecular complexity index is 990. The van der Waals surface area contributed by atoms with Crippen molar-refractivity contribution in [2.75, 3.05) is 13.7 Å². The van der Waals surface area contributed by atoms with E-state index in [1.54, 1.807) is 5.32 Å². The van der Waals surface area contributed by atoms with Crippen LogP contribution in [0.15, 0.2) is 12.4 Å². The molecule has 0 radical (unpaired) electrons. The number of amides is 2. The minimum Gasteiger partial charge on any atom is -0.453 e. The van der Waals surface area contributed by atoms with Crippen LogP contribution in [0, 0.1) is 11.7 Å². The fourth-order valence-electron chi connectivity index (χ4n) is 5.39. The Morgan fingerprint density at radius 2 is 1.83 bits per heavy atom. The molecule has 1 saturated heterocycles. The van der Waals surface area contributed by atoms with Crippen molar-refractivity contribution in [1.82, 2.24) is 20.2 Å². The van der Waals surface area contributed by atoms with Gasteiger partial charge in [0.25, 0.3) is 0 Å². The predicted octanol–water partition coefficient (Wildman–Crippen LogP) is 3.26. The highest BCUT2D eigenvalue weighted by molar-refractivity contribution is 5.82. The van der Waals surface area contributed by atoms with Crippen LogP contribution in [0.5, 0.6) is 0 Å².